The molecule has 1 aromatic carbocycles. The molecular formula is C19H30N2O4S. The summed E-state index contributed by atoms with van der Waals surface area (Å²) in [5.41, 5.74) is 0. The summed E-state index contributed by atoms with van der Waals surface area (Å²) in [6.07, 6.45) is 7.78. The number of hydrogen-bond donors (Lipinski definition) is 0. The molecule has 0 bridgehead atoms. The topological polar surface area (TPSA) is 59.1 Å². The molecule has 1 heterocycles. The van der Waals surface area contributed by atoms with Crippen LogP contribution in [0.5, 0.6) is 11.5 Å². The maximum absolute atomic E-state index is 13.0. The first-order valence-electron chi connectivity index (χ1n) is 9.52. The summed E-state index contributed by atoms with van der Waals surface area (Å²) in [4.78, 5) is 2.75. The number of hydrogen-bond acceptors (Lipinski definition) is 5. The molecule has 0 unspecified atom stereocenters. The molecule has 1 saturated heterocycles. The first kappa shape index (κ1) is 19.5. The van der Waals surface area contributed by atoms with Crippen LogP contribution in [0.4, 0.5) is 0 Å². The molecule has 146 valence electrons. The zero-order chi connectivity index (χ0) is 18.6. The number of rotatable bonds is 5. The van der Waals surface area contributed by atoms with E-state index in [-0.39, 0.29) is 4.90 Å². The van der Waals surface area contributed by atoms with Gasteiger partial charge in [0.1, 0.15) is 0 Å². The molecule has 0 N–H and O–H groups in total. The Morgan fingerprint density at radius 3 is 2.08 bits per heavy atom. The maximum atomic E-state index is 13.0. The first-order valence-corrected chi connectivity index (χ1v) is 11.0. The average molecular weight is 383 g/mol. The lowest BCUT2D eigenvalue weighted by Crippen LogP contribution is -2.51. The van der Waals surface area contributed by atoms with Crippen molar-refractivity contribution in [3.05, 3.63) is 18.2 Å². The highest BCUT2D eigenvalue weighted by Crippen LogP contribution is 2.31. The van der Waals surface area contributed by atoms with Crippen LogP contribution in [0.3, 0.4) is 0 Å². The summed E-state index contributed by atoms with van der Waals surface area (Å²) in [6.45, 7) is 2.73. The average Bonchev–Trinajstić information content (AvgIpc) is 2.97. The van der Waals surface area contributed by atoms with Gasteiger partial charge in [-0.25, -0.2) is 8.42 Å². The molecule has 1 aliphatic heterocycles. The second-order valence-electron chi connectivity index (χ2n) is 7.10. The zero-order valence-corrected chi connectivity index (χ0v) is 16.6. The van der Waals surface area contributed by atoms with E-state index in [1.54, 1.807) is 29.6 Å². The van der Waals surface area contributed by atoms with Crippen molar-refractivity contribution < 1.29 is 17.9 Å². The van der Waals surface area contributed by atoms with Gasteiger partial charge in [0.25, 0.3) is 0 Å². The Bertz CT molecular complexity index is 691. The minimum Gasteiger partial charge on any atom is -0.493 e. The van der Waals surface area contributed by atoms with Gasteiger partial charge < -0.3 is 9.47 Å². The Kier molecular flexibility index (Phi) is 6.42. The van der Waals surface area contributed by atoms with Gasteiger partial charge >= 0.3 is 0 Å². The quantitative estimate of drug-likeness (QED) is 0.733. The van der Waals surface area contributed by atoms with Crippen LogP contribution < -0.4 is 9.47 Å². The molecule has 0 spiro atoms. The lowest BCUT2D eigenvalue weighted by molar-refractivity contribution is 0.126. The van der Waals surface area contributed by atoms with Crippen LogP contribution in [0, 0.1) is 0 Å². The molecule has 3 rings (SSSR count). The molecule has 1 aromatic rings. The number of nitrogens with zero attached hydrogens (tertiary/aromatic N) is 2. The van der Waals surface area contributed by atoms with E-state index in [1.807, 2.05) is 0 Å². The third-order valence-electron chi connectivity index (χ3n) is 5.61. The van der Waals surface area contributed by atoms with Crippen molar-refractivity contribution in [1.82, 2.24) is 9.21 Å². The van der Waals surface area contributed by atoms with E-state index in [9.17, 15) is 8.42 Å². The predicted molar refractivity (Wildman–Crippen MR) is 101 cm³/mol. The SMILES string of the molecule is COc1ccc(S(=O)(=O)N2CCN(C3CCCCCC3)CC2)cc1OC. The Morgan fingerprint density at radius 1 is 0.885 bits per heavy atom. The van der Waals surface area contributed by atoms with Crippen LogP contribution in [0.1, 0.15) is 38.5 Å². The maximum Gasteiger partial charge on any atom is 0.243 e. The Morgan fingerprint density at radius 2 is 1.50 bits per heavy atom. The largest absolute Gasteiger partial charge is 0.493 e. The Hall–Kier alpha value is -1.31. The highest BCUT2D eigenvalue weighted by atomic mass is 32.2. The fourth-order valence-corrected chi connectivity index (χ4v) is 5.50. The standard InChI is InChI=1S/C19H30N2O4S/c1-24-18-10-9-17(15-19(18)25-2)26(22,23)21-13-11-20(12-14-21)16-7-5-3-4-6-8-16/h9-10,15-16H,3-8,11-14H2,1-2H3. The molecule has 26 heavy (non-hydrogen) atoms. The Labute approximate surface area is 157 Å². The third kappa shape index (κ3) is 4.15. The van der Waals surface area contributed by atoms with Gasteiger partial charge in [-0.3, -0.25) is 4.90 Å². The van der Waals surface area contributed by atoms with Crippen molar-refractivity contribution in [3.8, 4) is 11.5 Å². The number of benzene rings is 1. The normalized spacial score (nSPS) is 21.3. The number of methoxy groups -OCH3 is 2. The molecule has 7 heteroatoms. The highest BCUT2D eigenvalue weighted by molar-refractivity contribution is 7.89. The van der Waals surface area contributed by atoms with Crippen LogP contribution in [0.15, 0.2) is 23.1 Å². The van der Waals surface area contributed by atoms with Gasteiger partial charge in [-0.15, -0.1) is 0 Å². The van der Waals surface area contributed by atoms with Gasteiger partial charge in [0.15, 0.2) is 11.5 Å². The Balaban J connectivity index is 1.68. The summed E-state index contributed by atoms with van der Waals surface area (Å²) >= 11 is 0. The zero-order valence-electron chi connectivity index (χ0n) is 15.8. The summed E-state index contributed by atoms with van der Waals surface area (Å²) in [5.74, 6) is 0.968. The van der Waals surface area contributed by atoms with Crippen molar-refractivity contribution >= 4 is 10.0 Å². The fraction of sp³-hybridized carbons (Fsp3) is 0.684. The molecule has 0 aromatic heterocycles. The van der Waals surface area contributed by atoms with E-state index in [0.29, 0.717) is 30.6 Å². The number of piperazine rings is 1. The summed E-state index contributed by atoms with van der Waals surface area (Å²) < 4.78 is 38.1. The predicted octanol–water partition coefficient (Wildman–Crippen LogP) is 2.73. The number of ether oxygens (including phenoxy) is 2. The molecule has 0 radical (unpaired) electrons. The van der Waals surface area contributed by atoms with Gasteiger partial charge in [-0.2, -0.15) is 4.31 Å². The van der Waals surface area contributed by atoms with E-state index in [2.05, 4.69) is 4.90 Å². The summed E-state index contributed by atoms with van der Waals surface area (Å²) in [7, 11) is -0.456. The smallest absolute Gasteiger partial charge is 0.243 e. The van der Waals surface area contributed by atoms with E-state index in [0.717, 1.165) is 13.1 Å². The van der Waals surface area contributed by atoms with Gasteiger partial charge in [-0.05, 0) is 25.0 Å². The highest BCUT2D eigenvalue weighted by Gasteiger charge is 2.31. The van der Waals surface area contributed by atoms with Gasteiger partial charge in [0.2, 0.25) is 10.0 Å². The van der Waals surface area contributed by atoms with Crippen LogP contribution in [-0.2, 0) is 10.0 Å². The van der Waals surface area contributed by atoms with Crippen molar-refractivity contribution in [3.63, 3.8) is 0 Å². The minimum atomic E-state index is -3.51. The molecular weight excluding hydrogens is 352 g/mol. The molecule has 6 nitrogen and oxygen atoms in total. The van der Waals surface area contributed by atoms with Crippen LogP contribution >= 0.6 is 0 Å². The van der Waals surface area contributed by atoms with Crippen LogP contribution in [0.2, 0.25) is 0 Å². The molecule has 2 fully saturated rings. The second-order valence-corrected chi connectivity index (χ2v) is 9.04. The van der Waals surface area contributed by atoms with Crippen molar-refractivity contribution in [2.75, 3.05) is 40.4 Å². The lowest BCUT2D eigenvalue weighted by Gasteiger charge is -2.38. The van der Waals surface area contributed by atoms with Gasteiger partial charge in [0.05, 0.1) is 19.1 Å². The molecule has 0 amide bonds. The second kappa shape index (κ2) is 8.59. The van der Waals surface area contributed by atoms with E-state index >= 15 is 0 Å². The van der Waals surface area contributed by atoms with Crippen molar-refractivity contribution in [1.29, 1.82) is 0 Å². The fourth-order valence-electron chi connectivity index (χ4n) is 4.06. The third-order valence-corrected chi connectivity index (χ3v) is 7.50. The molecule has 1 aliphatic carbocycles. The molecule has 0 atom stereocenters. The minimum absolute atomic E-state index is 0.262. The van der Waals surface area contributed by atoms with Crippen LogP contribution in [0.25, 0.3) is 0 Å². The monoisotopic (exact) mass is 382 g/mol. The van der Waals surface area contributed by atoms with E-state index < -0.39 is 10.0 Å². The van der Waals surface area contributed by atoms with E-state index in [1.165, 1.54) is 45.6 Å². The number of sulfonamides is 1. The van der Waals surface area contributed by atoms with Crippen molar-refractivity contribution in [2.45, 2.75) is 49.5 Å². The van der Waals surface area contributed by atoms with Crippen LogP contribution in [-0.4, -0.2) is 64.1 Å². The van der Waals surface area contributed by atoms with Gasteiger partial charge in [-0.1, -0.05) is 25.7 Å². The molecule has 2 aliphatic rings. The molecule has 1 saturated carbocycles. The summed E-state index contributed by atoms with van der Waals surface area (Å²) in [5, 5.41) is 0. The first-order chi connectivity index (χ1) is 12.6. The lowest BCUT2D eigenvalue weighted by atomic mass is 10.1. The van der Waals surface area contributed by atoms with E-state index in [4.69, 9.17) is 9.47 Å². The van der Waals surface area contributed by atoms with Gasteiger partial charge in [0, 0.05) is 38.3 Å². The summed E-state index contributed by atoms with van der Waals surface area (Å²) in [6, 6.07) is 5.41. The van der Waals surface area contributed by atoms with Crippen molar-refractivity contribution in [2.24, 2.45) is 0 Å².